The van der Waals surface area contributed by atoms with Crippen LogP contribution in [0.15, 0.2) is 72.8 Å². The molecule has 0 saturated carbocycles. The highest BCUT2D eigenvalue weighted by Gasteiger charge is 2.33. The lowest BCUT2D eigenvalue weighted by molar-refractivity contribution is -0.140. The maximum atomic E-state index is 14.1. The summed E-state index contributed by atoms with van der Waals surface area (Å²) in [5.41, 5.74) is 1.59. The van der Waals surface area contributed by atoms with Gasteiger partial charge in [-0.25, -0.2) is 8.42 Å². The van der Waals surface area contributed by atoms with Gasteiger partial charge in [-0.1, -0.05) is 90.3 Å². The lowest BCUT2D eigenvalue weighted by Gasteiger charge is -2.34. The Morgan fingerprint density at radius 2 is 1.52 bits per heavy atom. The van der Waals surface area contributed by atoms with E-state index in [1.165, 1.54) is 23.1 Å². The van der Waals surface area contributed by atoms with Crippen LogP contribution in [0.25, 0.3) is 0 Å². The van der Waals surface area contributed by atoms with E-state index in [4.69, 9.17) is 34.8 Å². The zero-order valence-corrected chi connectivity index (χ0v) is 25.6. The van der Waals surface area contributed by atoms with E-state index in [0.29, 0.717) is 17.0 Å². The number of carbonyl (C=O) groups excluding carboxylic acids is 2. The van der Waals surface area contributed by atoms with E-state index in [1.54, 1.807) is 24.3 Å². The molecule has 3 rings (SSSR count). The van der Waals surface area contributed by atoms with Gasteiger partial charge in [0.2, 0.25) is 21.8 Å². The fourth-order valence-corrected chi connectivity index (χ4v) is 5.65. The zero-order valence-electron chi connectivity index (χ0n) is 22.5. The summed E-state index contributed by atoms with van der Waals surface area (Å²) in [4.78, 5) is 29.1. The molecule has 0 bridgehead atoms. The number of anilines is 1. The van der Waals surface area contributed by atoms with E-state index in [-0.39, 0.29) is 40.6 Å². The van der Waals surface area contributed by atoms with E-state index in [0.717, 1.165) is 16.1 Å². The Bertz CT molecular complexity index is 1420. The van der Waals surface area contributed by atoms with Crippen molar-refractivity contribution < 1.29 is 18.0 Å². The number of hydrogen-bond acceptors (Lipinski definition) is 4. The topological polar surface area (TPSA) is 86.8 Å². The Balaban J connectivity index is 2.09. The predicted octanol–water partition coefficient (Wildman–Crippen LogP) is 5.97. The summed E-state index contributed by atoms with van der Waals surface area (Å²) in [6.07, 6.45) is 1.89. The van der Waals surface area contributed by atoms with Crippen molar-refractivity contribution in [2.75, 3.05) is 17.1 Å². The Hall–Kier alpha value is -2.78. The van der Waals surface area contributed by atoms with Crippen molar-refractivity contribution in [3.63, 3.8) is 0 Å². The zero-order chi connectivity index (χ0) is 29.4. The van der Waals surface area contributed by atoms with Crippen LogP contribution in [-0.4, -0.2) is 50.0 Å². The maximum Gasteiger partial charge on any atom is 0.244 e. The van der Waals surface area contributed by atoms with Crippen LogP contribution in [0, 0.1) is 0 Å². The second kappa shape index (κ2) is 14.2. The van der Waals surface area contributed by atoms with E-state index in [9.17, 15) is 18.0 Å². The van der Waals surface area contributed by atoms with Gasteiger partial charge in [-0.2, -0.15) is 0 Å². The van der Waals surface area contributed by atoms with Gasteiger partial charge in [0.25, 0.3) is 0 Å². The number of amides is 2. The molecule has 1 N–H and O–H groups in total. The van der Waals surface area contributed by atoms with E-state index >= 15 is 0 Å². The lowest BCUT2D eigenvalue weighted by atomic mass is 10.0. The highest BCUT2D eigenvalue weighted by Crippen LogP contribution is 2.28. The number of rotatable bonds is 12. The van der Waals surface area contributed by atoms with Crippen molar-refractivity contribution in [1.29, 1.82) is 0 Å². The second-order valence-electron chi connectivity index (χ2n) is 9.53. The first-order chi connectivity index (χ1) is 18.9. The third kappa shape index (κ3) is 8.86. The highest BCUT2D eigenvalue weighted by molar-refractivity contribution is 7.92. The van der Waals surface area contributed by atoms with Crippen molar-refractivity contribution in [3.05, 3.63) is 99.0 Å². The Morgan fingerprint density at radius 1 is 0.925 bits per heavy atom. The van der Waals surface area contributed by atoms with Gasteiger partial charge in [0, 0.05) is 34.1 Å². The molecule has 40 heavy (non-hydrogen) atoms. The van der Waals surface area contributed by atoms with Crippen LogP contribution >= 0.6 is 34.8 Å². The minimum Gasteiger partial charge on any atom is -0.352 e. The SMILES string of the molecule is CC[C@@H](C)NC(=O)[C@H](Cc1ccccc1)N(Cc1ccccc1Cl)C(=O)CN(c1cc(Cl)cc(Cl)c1)S(C)(=O)=O. The molecule has 0 saturated heterocycles. The summed E-state index contributed by atoms with van der Waals surface area (Å²) in [5.74, 6) is -0.947. The lowest BCUT2D eigenvalue weighted by Crippen LogP contribution is -2.54. The highest BCUT2D eigenvalue weighted by atomic mass is 35.5. The van der Waals surface area contributed by atoms with Gasteiger partial charge in [0.05, 0.1) is 11.9 Å². The smallest absolute Gasteiger partial charge is 0.244 e. The minimum atomic E-state index is -3.95. The molecule has 0 spiro atoms. The Kier molecular flexibility index (Phi) is 11.3. The average molecular weight is 625 g/mol. The first kappa shape index (κ1) is 31.7. The standard InChI is InChI=1S/C29H32Cl3N3O4S/c1-4-20(2)33-29(37)27(14-21-10-6-5-7-11-21)34(18-22-12-8-9-13-26(22)32)28(36)19-35(40(3,38)39)25-16-23(30)15-24(31)17-25/h5-13,15-17,20,27H,4,14,18-19H2,1-3H3,(H,33,37)/t20-,27+/m1/s1. The molecule has 3 aromatic rings. The van der Waals surface area contributed by atoms with Crippen LogP contribution in [0.2, 0.25) is 15.1 Å². The third-order valence-corrected chi connectivity index (χ3v) is 8.33. The van der Waals surface area contributed by atoms with Gasteiger partial charge in [-0.15, -0.1) is 0 Å². The fraction of sp³-hybridized carbons (Fsp3) is 0.310. The minimum absolute atomic E-state index is 0.0160. The number of halogens is 3. The third-order valence-electron chi connectivity index (χ3n) is 6.39. The summed E-state index contributed by atoms with van der Waals surface area (Å²) in [6, 6.07) is 19.5. The molecule has 0 aromatic heterocycles. The summed E-state index contributed by atoms with van der Waals surface area (Å²) < 4.78 is 26.7. The molecular weight excluding hydrogens is 593 g/mol. The molecule has 0 aliphatic rings. The van der Waals surface area contributed by atoms with Gasteiger partial charge in [-0.3, -0.25) is 13.9 Å². The molecule has 0 aliphatic carbocycles. The van der Waals surface area contributed by atoms with Gasteiger partial charge in [0.15, 0.2) is 0 Å². The molecular formula is C29H32Cl3N3O4S. The molecule has 2 amide bonds. The maximum absolute atomic E-state index is 14.1. The molecule has 11 heteroatoms. The fourth-order valence-electron chi connectivity index (χ4n) is 4.10. The number of nitrogens with zero attached hydrogens (tertiary/aromatic N) is 2. The van der Waals surface area contributed by atoms with E-state index < -0.39 is 28.5 Å². The summed E-state index contributed by atoms with van der Waals surface area (Å²) in [5, 5.41) is 3.83. The van der Waals surface area contributed by atoms with Crippen molar-refractivity contribution in [1.82, 2.24) is 10.2 Å². The predicted molar refractivity (Wildman–Crippen MR) is 162 cm³/mol. The van der Waals surface area contributed by atoms with Gasteiger partial charge < -0.3 is 10.2 Å². The van der Waals surface area contributed by atoms with Crippen LogP contribution < -0.4 is 9.62 Å². The first-order valence-electron chi connectivity index (χ1n) is 12.7. The first-order valence-corrected chi connectivity index (χ1v) is 15.7. The van der Waals surface area contributed by atoms with Crippen LogP contribution in [0.4, 0.5) is 5.69 Å². The van der Waals surface area contributed by atoms with E-state index in [2.05, 4.69) is 5.32 Å². The average Bonchev–Trinajstić information content (AvgIpc) is 2.89. The normalized spacial score (nSPS) is 12.8. The van der Waals surface area contributed by atoms with Crippen LogP contribution in [0.1, 0.15) is 31.4 Å². The largest absolute Gasteiger partial charge is 0.352 e. The number of nitrogens with one attached hydrogen (secondary N) is 1. The van der Waals surface area contributed by atoms with Crippen LogP contribution in [0.5, 0.6) is 0 Å². The number of hydrogen-bond donors (Lipinski definition) is 1. The molecule has 0 unspecified atom stereocenters. The molecule has 214 valence electrons. The molecule has 2 atom stereocenters. The quantitative estimate of drug-likeness (QED) is 0.269. The van der Waals surface area contributed by atoms with Gasteiger partial charge >= 0.3 is 0 Å². The van der Waals surface area contributed by atoms with Gasteiger partial charge in [-0.05, 0) is 48.7 Å². The van der Waals surface area contributed by atoms with Crippen molar-refractivity contribution >= 4 is 62.3 Å². The van der Waals surface area contributed by atoms with E-state index in [1.807, 2.05) is 44.2 Å². The van der Waals surface area contributed by atoms with Crippen molar-refractivity contribution in [3.8, 4) is 0 Å². The molecule has 3 aromatic carbocycles. The van der Waals surface area contributed by atoms with Crippen molar-refractivity contribution in [2.24, 2.45) is 0 Å². The molecule has 0 radical (unpaired) electrons. The summed E-state index contributed by atoms with van der Waals surface area (Å²) in [6.45, 7) is 3.23. The summed E-state index contributed by atoms with van der Waals surface area (Å²) in [7, 11) is -3.95. The van der Waals surface area contributed by atoms with Crippen molar-refractivity contribution in [2.45, 2.75) is 45.3 Å². The van der Waals surface area contributed by atoms with Gasteiger partial charge in [0.1, 0.15) is 12.6 Å². The monoisotopic (exact) mass is 623 g/mol. The number of benzene rings is 3. The molecule has 0 heterocycles. The Labute approximate surface area is 251 Å². The molecule has 0 aliphatic heterocycles. The number of sulfonamides is 1. The van der Waals surface area contributed by atoms with Crippen LogP contribution in [-0.2, 0) is 32.6 Å². The second-order valence-corrected chi connectivity index (χ2v) is 12.7. The van der Waals surface area contributed by atoms with Crippen LogP contribution in [0.3, 0.4) is 0 Å². The summed E-state index contributed by atoms with van der Waals surface area (Å²) >= 11 is 18.7. The molecule has 7 nitrogen and oxygen atoms in total. The number of carbonyl (C=O) groups is 2. The Morgan fingerprint density at radius 3 is 2.10 bits per heavy atom. The molecule has 0 fully saturated rings.